The van der Waals surface area contributed by atoms with Crippen LogP contribution in [0.2, 0.25) is 0 Å². The van der Waals surface area contributed by atoms with Crippen molar-refractivity contribution in [1.82, 2.24) is 0 Å². The van der Waals surface area contributed by atoms with Crippen molar-refractivity contribution in [3.05, 3.63) is 39.4 Å². The van der Waals surface area contributed by atoms with Crippen molar-refractivity contribution in [1.29, 1.82) is 5.26 Å². The van der Waals surface area contributed by atoms with E-state index in [0.717, 1.165) is 0 Å². The molecule has 1 aliphatic carbocycles. The molecule has 0 fully saturated rings. The predicted molar refractivity (Wildman–Crippen MR) is 45.4 cm³/mol. The summed E-state index contributed by atoms with van der Waals surface area (Å²) in [5, 5.41) is 19.0. The van der Waals surface area contributed by atoms with E-state index in [1.807, 2.05) is 6.07 Å². The molecule has 0 saturated carbocycles. The Morgan fingerprint density at radius 1 is 1.62 bits per heavy atom. The van der Waals surface area contributed by atoms with Crippen molar-refractivity contribution < 1.29 is 4.92 Å². The van der Waals surface area contributed by atoms with Gasteiger partial charge in [0.05, 0.1) is 22.1 Å². The molecule has 4 nitrogen and oxygen atoms in total. The summed E-state index contributed by atoms with van der Waals surface area (Å²) in [5.41, 5.74) is 1.55. The van der Waals surface area contributed by atoms with E-state index in [9.17, 15) is 10.1 Å². The quantitative estimate of drug-likeness (QED) is 0.477. The maximum absolute atomic E-state index is 10.5. The van der Waals surface area contributed by atoms with Gasteiger partial charge in [-0.15, -0.1) is 0 Å². The van der Waals surface area contributed by atoms with E-state index in [2.05, 4.69) is 6.07 Å². The topological polar surface area (TPSA) is 66.9 Å². The molecule has 1 aliphatic rings. The van der Waals surface area contributed by atoms with Gasteiger partial charge in [-0.2, -0.15) is 5.26 Å². The normalized spacial score (nSPS) is 12.1. The second-order valence-corrected chi connectivity index (χ2v) is 2.58. The van der Waals surface area contributed by atoms with Gasteiger partial charge in [-0.25, -0.2) is 0 Å². The Morgan fingerprint density at radius 3 is 3.00 bits per heavy atom. The maximum atomic E-state index is 10.5. The van der Waals surface area contributed by atoms with Gasteiger partial charge in [0.15, 0.2) is 0 Å². The van der Waals surface area contributed by atoms with Crippen molar-refractivity contribution in [2.45, 2.75) is 0 Å². The first-order valence-corrected chi connectivity index (χ1v) is 3.55. The molecule has 0 atom stereocenters. The first kappa shape index (κ1) is 7.50. The Balaban J connectivity index is 2.57. The Bertz CT molecular complexity index is 469. The zero-order valence-corrected chi connectivity index (χ0v) is 6.44. The average molecular weight is 171 g/mol. The summed E-state index contributed by atoms with van der Waals surface area (Å²) in [5.74, 6) is 0. The van der Waals surface area contributed by atoms with Gasteiger partial charge in [0.1, 0.15) is 0 Å². The van der Waals surface area contributed by atoms with Gasteiger partial charge in [-0.05, 0) is 18.2 Å². The van der Waals surface area contributed by atoms with E-state index >= 15 is 0 Å². The SMILES string of the molecule is N#CC1=Cc2c1[c]ccc2[N+](=O)[O-]. The number of hydrogen-bond acceptors (Lipinski definition) is 3. The molecule has 0 N–H and O–H groups in total. The smallest absolute Gasteiger partial charge is 0.258 e. The van der Waals surface area contributed by atoms with Gasteiger partial charge in [0.2, 0.25) is 0 Å². The summed E-state index contributed by atoms with van der Waals surface area (Å²) in [6, 6.07) is 7.56. The maximum Gasteiger partial charge on any atom is 0.277 e. The largest absolute Gasteiger partial charge is 0.277 e. The molecule has 0 spiro atoms. The van der Waals surface area contributed by atoms with Crippen molar-refractivity contribution in [3.8, 4) is 6.07 Å². The third kappa shape index (κ3) is 0.908. The highest BCUT2D eigenvalue weighted by atomic mass is 16.6. The van der Waals surface area contributed by atoms with Crippen molar-refractivity contribution in [2.24, 2.45) is 0 Å². The minimum atomic E-state index is -0.461. The van der Waals surface area contributed by atoms with E-state index in [0.29, 0.717) is 16.7 Å². The van der Waals surface area contributed by atoms with Crippen LogP contribution in [0.25, 0.3) is 11.6 Å². The van der Waals surface area contributed by atoms with Gasteiger partial charge in [0, 0.05) is 11.6 Å². The minimum absolute atomic E-state index is 0.0350. The van der Waals surface area contributed by atoms with Crippen LogP contribution in [0.5, 0.6) is 0 Å². The van der Waals surface area contributed by atoms with Crippen molar-refractivity contribution in [2.75, 3.05) is 0 Å². The van der Waals surface area contributed by atoms with Crippen LogP contribution in [-0.4, -0.2) is 4.92 Å². The third-order valence-corrected chi connectivity index (χ3v) is 1.89. The van der Waals surface area contributed by atoms with Crippen LogP contribution in [0.4, 0.5) is 5.69 Å². The van der Waals surface area contributed by atoms with Gasteiger partial charge in [-0.1, -0.05) is 0 Å². The first-order chi connectivity index (χ1) is 6.24. The lowest BCUT2D eigenvalue weighted by Crippen LogP contribution is -2.02. The molecular formula is C9H3N2O2. The van der Waals surface area contributed by atoms with Crippen LogP contribution < -0.4 is 0 Å². The fourth-order valence-electron chi connectivity index (χ4n) is 1.25. The number of rotatable bonds is 1. The highest BCUT2D eigenvalue weighted by Crippen LogP contribution is 2.37. The van der Waals surface area contributed by atoms with Gasteiger partial charge in [-0.3, -0.25) is 10.1 Å². The summed E-state index contributed by atoms with van der Waals surface area (Å²) in [4.78, 5) is 10.0. The molecule has 2 rings (SSSR count). The second kappa shape index (κ2) is 2.42. The van der Waals surface area contributed by atoms with Crippen molar-refractivity contribution in [3.63, 3.8) is 0 Å². The number of hydrogen-bond donors (Lipinski definition) is 0. The van der Waals surface area contributed by atoms with E-state index in [1.165, 1.54) is 18.2 Å². The lowest BCUT2D eigenvalue weighted by Gasteiger charge is -2.12. The molecule has 4 heteroatoms. The summed E-state index contributed by atoms with van der Waals surface area (Å²) in [7, 11) is 0. The van der Waals surface area contributed by atoms with Crippen LogP contribution in [0, 0.1) is 27.5 Å². The molecule has 0 saturated heterocycles. The highest BCUT2D eigenvalue weighted by molar-refractivity contribution is 6.03. The summed E-state index contributed by atoms with van der Waals surface area (Å²) in [6.45, 7) is 0. The van der Waals surface area contributed by atoms with Gasteiger partial charge in [0.25, 0.3) is 5.69 Å². The number of nitro benzene ring substituents is 1. The number of nitro groups is 1. The standard InChI is InChI=1S/C9H3N2O2/c10-5-6-4-8-7(6)2-1-3-9(8)11(12)13/h1,3-4H. The Hall–Kier alpha value is -2.15. The van der Waals surface area contributed by atoms with Crippen LogP contribution >= 0.6 is 0 Å². The predicted octanol–water partition coefficient (Wildman–Crippen LogP) is 1.77. The molecule has 0 unspecified atom stereocenters. The van der Waals surface area contributed by atoms with Crippen molar-refractivity contribution >= 4 is 17.3 Å². The number of nitrogens with zero attached hydrogens (tertiary/aromatic N) is 2. The molecule has 61 valence electrons. The summed E-state index contributed by atoms with van der Waals surface area (Å²) >= 11 is 0. The lowest BCUT2D eigenvalue weighted by atomic mass is 9.88. The average Bonchev–Trinajstić information content (AvgIpc) is 2.06. The zero-order chi connectivity index (χ0) is 9.42. The minimum Gasteiger partial charge on any atom is -0.258 e. The fraction of sp³-hybridized carbons (Fsp3) is 0. The van der Waals surface area contributed by atoms with E-state index in [4.69, 9.17) is 5.26 Å². The number of allylic oxidation sites excluding steroid dienone is 1. The van der Waals surface area contributed by atoms with E-state index in [-0.39, 0.29) is 5.69 Å². The lowest BCUT2D eigenvalue weighted by molar-refractivity contribution is -0.385. The molecule has 0 bridgehead atoms. The van der Waals surface area contributed by atoms with Crippen LogP contribution in [0.15, 0.2) is 12.1 Å². The zero-order valence-electron chi connectivity index (χ0n) is 6.44. The number of nitriles is 1. The van der Waals surface area contributed by atoms with Crippen LogP contribution in [0.3, 0.4) is 0 Å². The number of fused-ring (bicyclic) bond motifs is 1. The van der Waals surface area contributed by atoms with Gasteiger partial charge < -0.3 is 0 Å². The molecule has 1 radical (unpaired) electrons. The molecule has 0 amide bonds. The van der Waals surface area contributed by atoms with Gasteiger partial charge >= 0.3 is 0 Å². The Morgan fingerprint density at radius 2 is 2.38 bits per heavy atom. The third-order valence-electron chi connectivity index (χ3n) is 1.89. The molecule has 0 aliphatic heterocycles. The monoisotopic (exact) mass is 171 g/mol. The van der Waals surface area contributed by atoms with E-state index in [1.54, 1.807) is 0 Å². The Labute approximate surface area is 73.9 Å². The molecule has 0 aromatic heterocycles. The number of benzene rings is 1. The Kier molecular flexibility index (Phi) is 1.40. The van der Waals surface area contributed by atoms with Crippen LogP contribution in [0.1, 0.15) is 11.1 Å². The molecule has 1 aromatic carbocycles. The first-order valence-electron chi connectivity index (χ1n) is 3.55. The molecule has 13 heavy (non-hydrogen) atoms. The molecule has 0 heterocycles. The molecular weight excluding hydrogens is 168 g/mol. The molecule has 1 aromatic rings. The fourth-order valence-corrected chi connectivity index (χ4v) is 1.25. The summed E-state index contributed by atoms with van der Waals surface area (Å²) in [6.07, 6.45) is 1.50. The summed E-state index contributed by atoms with van der Waals surface area (Å²) < 4.78 is 0. The second-order valence-electron chi connectivity index (χ2n) is 2.58. The van der Waals surface area contributed by atoms with E-state index < -0.39 is 4.92 Å². The van der Waals surface area contributed by atoms with Crippen LogP contribution in [-0.2, 0) is 0 Å². The highest BCUT2D eigenvalue weighted by Gasteiger charge is 2.24.